The highest BCUT2D eigenvalue weighted by Gasteiger charge is 2.28. The zero-order valence-electron chi connectivity index (χ0n) is 17.8. The SMILES string of the molecule is Cc1cc(C)c(NC(=O)[C@@H](C)OC(=O)C(c2ccccc2)c2ccccc2)c(C)c1. The first-order valence-electron chi connectivity index (χ1n) is 10.1. The van der Waals surface area contributed by atoms with E-state index in [4.69, 9.17) is 4.74 Å². The standard InChI is InChI=1S/C26H27NO3/c1-17-15-18(2)24(19(3)16-17)27-25(28)20(4)30-26(29)23(21-11-7-5-8-12-21)22-13-9-6-10-14-22/h5-16,20,23H,1-4H3,(H,27,28)/t20-/m1/s1. The Morgan fingerprint density at radius 3 is 1.73 bits per heavy atom. The number of hydrogen-bond acceptors (Lipinski definition) is 3. The van der Waals surface area contributed by atoms with E-state index >= 15 is 0 Å². The summed E-state index contributed by atoms with van der Waals surface area (Å²) in [6, 6.07) is 22.9. The van der Waals surface area contributed by atoms with Crippen molar-refractivity contribution in [1.82, 2.24) is 0 Å². The van der Waals surface area contributed by atoms with Gasteiger partial charge in [0.05, 0.1) is 0 Å². The fraction of sp³-hybridized carbons (Fsp3) is 0.231. The molecule has 0 heterocycles. The Morgan fingerprint density at radius 2 is 1.27 bits per heavy atom. The largest absolute Gasteiger partial charge is 0.452 e. The minimum absolute atomic E-state index is 0.349. The average molecular weight is 402 g/mol. The summed E-state index contributed by atoms with van der Waals surface area (Å²) in [5.74, 6) is -1.39. The van der Waals surface area contributed by atoms with E-state index in [1.54, 1.807) is 6.92 Å². The van der Waals surface area contributed by atoms with Crippen LogP contribution in [-0.4, -0.2) is 18.0 Å². The average Bonchev–Trinajstić information content (AvgIpc) is 2.72. The summed E-state index contributed by atoms with van der Waals surface area (Å²) in [6.45, 7) is 7.52. The molecule has 4 nitrogen and oxygen atoms in total. The summed E-state index contributed by atoms with van der Waals surface area (Å²) in [4.78, 5) is 25.8. The van der Waals surface area contributed by atoms with Crippen molar-refractivity contribution < 1.29 is 14.3 Å². The molecule has 1 amide bonds. The fourth-order valence-corrected chi connectivity index (χ4v) is 3.65. The second-order valence-corrected chi connectivity index (χ2v) is 7.60. The number of benzene rings is 3. The Hall–Kier alpha value is -3.40. The van der Waals surface area contributed by atoms with E-state index < -0.39 is 18.0 Å². The molecule has 0 aliphatic rings. The molecule has 0 saturated heterocycles. The van der Waals surface area contributed by atoms with Gasteiger partial charge in [-0.05, 0) is 49.9 Å². The molecule has 0 fully saturated rings. The van der Waals surface area contributed by atoms with Gasteiger partial charge in [-0.2, -0.15) is 0 Å². The van der Waals surface area contributed by atoms with E-state index in [0.717, 1.165) is 33.5 Å². The summed E-state index contributed by atoms with van der Waals surface area (Å²) in [5, 5.41) is 2.91. The Balaban J connectivity index is 1.78. The van der Waals surface area contributed by atoms with Crippen molar-refractivity contribution in [3.05, 3.63) is 101 Å². The zero-order chi connectivity index (χ0) is 21.7. The lowest BCUT2D eigenvalue weighted by atomic mass is 9.91. The van der Waals surface area contributed by atoms with Crippen molar-refractivity contribution in [3.8, 4) is 0 Å². The molecule has 1 N–H and O–H groups in total. The smallest absolute Gasteiger partial charge is 0.318 e. The molecule has 0 aromatic heterocycles. The van der Waals surface area contributed by atoms with Crippen LogP contribution in [0.15, 0.2) is 72.8 Å². The summed E-state index contributed by atoms with van der Waals surface area (Å²) in [6.07, 6.45) is -0.924. The predicted octanol–water partition coefficient (Wildman–Crippen LogP) is 5.31. The molecule has 154 valence electrons. The van der Waals surface area contributed by atoms with Crippen LogP contribution < -0.4 is 5.32 Å². The van der Waals surface area contributed by atoms with Gasteiger partial charge in [0.1, 0.15) is 5.92 Å². The van der Waals surface area contributed by atoms with Crippen LogP contribution in [0.25, 0.3) is 0 Å². The summed E-state index contributed by atoms with van der Waals surface area (Å²) in [5.41, 5.74) is 5.50. The van der Waals surface area contributed by atoms with Crippen LogP contribution in [0.5, 0.6) is 0 Å². The molecule has 0 spiro atoms. The van der Waals surface area contributed by atoms with Gasteiger partial charge in [0, 0.05) is 5.69 Å². The van der Waals surface area contributed by atoms with E-state index in [0.29, 0.717) is 0 Å². The number of anilines is 1. The van der Waals surface area contributed by atoms with Crippen molar-refractivity contribution in [2.45, 2.75) is 39.7 Å². The first kappa shape index (κ1) is 21.3. The normalized spacial score (nSPS) is 11.8. The molecule has 0 aliphatic heterocycles. The second kappa shape index (κ2) is 9.40. The summed E-state index contributed by atoms with van der Waals surface area (Å²) < 4.78 is 5.61. The van der Waals surface area contributed by atoms with Gasteiger partial charge in [0.2, 0.25) is 0 Å². The molecule has 0 radical (unpaired) electrons. The number of carbonyl (C=O) groups is 2. The van der Waals surface area contributed by atoms with Gasteiger partial charge in [-0.3, -0.25) is 9.59 Å². The maximum Gasteiger partial charge on any atom is 0.318 e. The van der Waals surface area contributed by atoms with Crippen LogP contribution in [0.1, 0.15) is 40.7 Å². The maximum absolute atomic E-state index is 13.1. The topological polar surface area (TPSA) is 55.4 Å². The fourth-order valence-electron chi connectivity index (χ4n) is 3.65. The first-order chi connectivity index (χ1) is 14.4. The molecule has 3 aromatic rings. The number of amides is 1. The van der Waals surface area contributed by atoms with Gasteiger partial charge < -0.3 is 10.1 Å². The lowest BCUT2D eigenvalue weighted by Gasteiger charge is -2.21. The third-order valence-corrected chi connectivity index (χ3v) is 5.09. The third kappa shape index (κ3) is 4.95. The minimum Gasteiger partial charge on any atom is -0.452 e. The Kier molecular flexibility index (Phi) is 6.68. The number of hydrogen-bond donors (Lipinski definition) is 1. The van der Waals surface area contributed by atoms with Gasteiger partial charge in [0.25, 0.3) is 5.91 Å². The molecular weight excluding hydrogens is 374 g/mol. The Bertz CT molecular complexity index is 966. The van der Waals surface area contributed by atoms with Gasteiger partial charge in [-0.25, -0.2) is 0 Å². The molecule has 3 aromatic carbocycles. The van der Waals surface area contributed by atoms with E-state index in [9.17, 15) is 9.59 Å². The summed E-state index contributed by atoms with van der Waals surface area (Å²) in [7, 11) is 0. The Labute approximate surface area is 177 Å². The zero-order valence-corrected chi connectivity index (χ0v) is 17.8. The van der Waals surface area contributed by atoms with Crippen LogP contribution in [0.2, 0.25) is 0 Å². The van der Waals surface area contributed by atoms with Crippen LogP contribution in [0, 0.1) is 20.8 Å². The molecular formula is C26H27NO3. The molecule has 0 bridgehead atoms. The minimum atomic E-state index is -0.924. The Morgan fingerprint density at radius 1 is 0.800 bits per heavy atom. The monoisotopic (exact) mass is 401 g/mol. The van der Waals surface area contributed by atoms with E-state index in [2.05, 4.69) is 5.32 Å². The highest BCUT2D eigenvalue weighted by Crippen LogP contribution is 2.27. The molecule has 1 atom stereocenters. The van der Waals surface area contributed by atoms with Crippen molar-refractivity contribution in [3.63, 3.8) is 0 Å². The van der Waals surface area contributed by atoms with Crippen LogP contribution in [0.3, 0.4) is 0 Å². The van der Waals surface area contributed by atoms with E-state index in [1.807, 2.05) is 93.6 Å². The van der Waals surface area contributed by atoms with Gasteiger partial charge in [-0.15, -0.1) is 0 Å². The van der Waals surface area contributed by atoms with Crippen LogP contribution in [0.4, 0.5) is 5.69 Å². The van der Waals surface area contributed by atoms with E-state index in [1.165, 1.54) is 0 Å². The maximum atomic E-state index is 13.1. The third-order valence-electron chi connectivity index (χ3n) is 5.09. The number of nitrogens with one attached hydrogen (secondary N) is 1. The molecule has 4 heteroatoms. The quantitative estimate of drug-likeness (QED) is 0.569. The first-order valence-corrected chi connectivity index (χ1v) is 10.1. The molecule has 0 saturated carbocycles. The van der Waals surface area contributed by atoms with Gasteiger partial charge >= 0.3 is 5.97 Å². The number of ether oxygens (including phenoxy) is 1. The second-order valence-electron chi connectivity index (χ2n) is 7.60. The predicted molar refractivity (Wildman–Crippen MR) is 120 cm³/mol. The van der Waals surface area contributed by atoms with Crippen LogP contribution in [-0.2, 0) is 14.3 Å². The molecule has 3 rings (SSSR count). The van der Waals surface area contributed by atoms with E-state index in [-0.39, 0.29) is 5.91 Å². The lowest BCUT2D eigenvalue weighted by Crippen LogP contribution is -2.32. The van der Waals surface area contributed by atoms with Crippen molar-refractivity contribution in [2.24, 2.45) is 0 Å². The van der Waals surface area contributed by atoms with Crippen LogP contribution >= 0.6 is 0 Å². The number of carbonyl (C=O) groups excluding carboxylic acids is 2. The summed E-state index contributed by atoms with van der Waals surface area (Å²) >= 11 is 0. The molecule has 0 aliphatic carbocycles. The van der Waals surface area contributed by atoms with Crippen molar-refractivity contribution in [2.75, 3.05) is 5.32 Å². The van der Waals surface area contributed by atoms with Gasteiger partial charge in [-0.1, -0.05) is 78.4 Å². The highest BCUT2D eigenvalue weighted by atomic mass is 16.5. The number of rotatable bonds is 6. The number of esters is 1. The highest BCUT2D eigenvalue weighted by molar-refractivity contribution is 5.97. The van der Waals surface area contributed by atoms with Gasteiger partial charge in [0.15, 0.2) is 6.10 Å². The molecule has 0 unspecified atom stereocenters. The lowest BCUT2D eigenvalue weighted by molar-refractivity contribution is -0.153. The molecule has 30 heavy (non-hydrogen) atoms. The van der Waals surface area contributed by atoms with Crippen molar-refractivity contribution >= 4 is 17.6 Å². The number of aryl methyl sites for hydroxylation is 3. The van der Waals surface area contributed by atoms with Crippen molar-refractivity contribution in [1.29, 1.82) is 0 Å².